The molecule has 0 amide bonds. The van der Waals surface area contributed by atoms with E-state index in [2.05, 4.69) is 0 Å². The first kappa shape index (κ1) is 13.0. The highest BCUT2D eigenvalue weighted by molar-refractivity contribution is 6.19. The van der Waals surface area contributed by atoms with Gasteiger partial charge in [0.05, 0.1) is 59.1 Å². The summed E-state index contributed by atoms with van der Waals surface area (Å²) in [7, 11) is 0. The average molecular weight is 765 g/mol. The first-order chi connectivity index (χ1) is 42.8. The summed E-state index contributed by atoms with van der Waals surface area (Å²) < 4.78 is 330. The smallest absolute Gasteiger partial charge is 0.145 e. The molecule has 3 heteroatoms. The summed E-state index contributed by atoms with van der Waals surface area (Å²) in [4.78, 5) is 0.304. The number of para-hydroxylation sites is 2. The SMILES string of the molecule is [2H]c1c([2H])c([2H])c(-c2c([2H])c([2H])c(N(c3c([2H])c([2H])c(-c4c([2H])c([2H])c([2H])c([2H])c4[2H])c([2H])c3[2H])c3c([2H])c([2H])c(-c4c([2H])c([2H])c([2H])c([2H])c4-c4c([2H])c([2H])c([2H])c5oc6c([2H])c([2H])c([2H])c([2H])c6c45)c4oc5c([2H])c([2H])c([2H])c([2H])c5c34)c([2H])c2[2H])c([2H])c1[2H]. The molecule has 11 aromatic rings. The molecular formula is C54H35NO2. The van der Waals surface area contributed by atoms with E-state index in [1.165, 1.54) is 0 Å². The lowest BCUT2D eigenvalue weighted by molar-refractivity contribution is 0.669. The molecule has 2 heterocycles. The molecule has 0 radical (unpaired) electrons. The van der Waals surface area contributed by atoms with Gasteiger partial charge in [-0.2, -0.15) is 0 Å². The Labute approximate surface area is 379 Å². The molecule has 0 fully saturated rings. The van der Waals surface area contributed by atoms with Crippen molar-refractivity contribution in [2.45, 2.75) is 0 Å². The Morgan fingerprint density at radius 1 is 0.316 bits per heavy atom. The molecule has 0 saturated carbocycles. The van der Waals surface area contributed by atoms with Crippen LogP contribution >= 0.6 is 0 Å². The average Bonchev–Trinajstić information content (AvgIpc) is 1.39. The molecule has 0 bridgehead atoms. The lowest BCUT2D eigenvalue weighted by Gasteiger charge is -2.27. The number of furan rings is 2. The van der Waals surface area contributed by atoms with Gasteiger partial charge in [-0.1, -0.05) is 157 Å². The molecule has 0 atom stereocenters. The molecule has 0 aliphatic carbocycles. The molecule has 0 spiro atoms. The molecular weight excluding hydrogens is 695 g/mol. The van der Waals surface area contributed by atoms with Crippen molar-refractivity contribution in [2.75, 3.05) is 4.90 Å². The Kier molecular flexibility index (Phi) is 3.09. The maximum atomic E-state index is 10.2. The summed E-state index contributed by atoms with van der Waals surface area (Å²) in [6.07, 6.45) is 0. The van der Waals surface area contributed by atoms with Crippen LogP contribution in [0.4, 0.5) is 17.1 Å². The number of fused-ring (bicyclic) bond motifs is 6. The van der Waals surface area contributed by atoms with E-state index in [0.717, 1.165) is 0 Å². The lowest BCUT2D eigenvalue weighted by Crippen LogP contribution is -2.10. The van der Waals surface area contributed by atoms with Gasteiger partial charge in [-0.3, -0.25) is 0 Å². The van der Waals surface area contributed by atoms with Gasteiger partial charge in [-0.05, 0) is 93.3 Å². The number of anilines is 3. The fraction of sp³-hybridized carbons (Fsp3) is 0. The fourth-order valence-electron chi connectivity index (χ4n) is 6.21. The third kappa shape index (κ3) is 5.60. The van der Waals surface area contributed by atoms with Gasteiger partial charge in [0, 0.05) is 33.1 Å². The van der Waals surface area contributed by atoms with Crippen LogP contribution in [0.2, 0.25) is 0 Å². The summed E-state index contributed by atoms with van der Waals surface area (Å²) >= 11 is 0. The molecule has 0 aliphatic heterocycles. The molecule has 0 saturated heterocycles. The van der Waals surface area contributed by atoms with Crippen molar-refractivity contribution < 1.29 is 56.8 Å². The molecule has 0 aliphatic rings. The van der Waals surface area contributed by atoms with Gasteiger partial charge in [0.25, 0.3) is 0 Å². The van der Waals surface area contributed by atoms with Crippen LogP contribution in [-0.4, -0.2) is 0 Å². The summed E-state index contributed by atoms with van der Waals surface area (Å²) in [6.45, 7) is 0. The van der Waals surface area contributed by atoms with Gasteiger partial charge < -0.3 is 13.7 Å². The molecule has 268 valence electrons. The number of rotatable bonds is 7. The highest BCUT2D eigenvalue weighted by Crippen LogP contribution is 2.48. The normalized spacial score (nSPS) is 20.1. The number of hydrogen-bond donors (Lipinski definition) is 0. The standard InChI is InChI=1S/C54H35NO2/c1-3-14-36(15-4-1)38-26-30-40(31-27-38)55(41-32-28-39(29-33-41)37-16-5-2-6-17-37)48-35-34-45(54-53(48)47-21-10-12-24-50(47)57-54)43-19-8-7-18-42(43)44-22-13-25-51-52(44)46-20-9-11-23-49(46)56-51/h1-35H/i1D,2D,3D,4D,5D,6D,7D,8D,9D,10D,11D,12D,13D,14D,15D,16D,17D,18D,19D,20D,21D,22D,23D,24D,25D,26D,27D,28D,29D,30D,31D,32D,33D,34D,35D. The van der Waals surface area contributed by atoms with Crippen LogP contribution in [0.5, 0.6) is 0 Å². The Balaban J connectivity index is 1.41. The quantitative estimate of drug-likeness (QED) is 0.162. The zero-order valence-electron chi connectivity index (χ0n) is 63.3. The van der Waals surface area contributed by atoms with Gasteiger partial charge in [-0.25, -0.2) is 0 Å². The van der Waals surface area contributed by atoms with Crippen molar-refractivity contribution in [2.24, 2.45) is 0 Å². The number of hydrogen-bond acceptors (Lipinski definition) is 3. The van der Waals surface area contributed by atoms with E-state index >= 15 is 0 Å². The second-order valence-electron chi connectivity index (χ2n) is 11.8. The minimum absolute atomic E-state index is 0.304. The van der Waals surface area contributed by atoms with Crippen molar-refractivity contribution in [3.8, 4) is 44.5 Å². The predicted molar refractivity (Wildman–Crippen MR) is 237 cm³/mol. The van der Waals surface area contributed by atoms with Gasteiger partial charge in [0.1, 0.15) is 22.3 Å². The number of benzene rings is 9. The van der Waals surface area contributed by atoms with Gasteiger partial charge in [0.2, 0.25) is 0 Å². The van der Waals surface area contributed by atoms with Crippen molar-refractivity contribution in [1.82, 2.24) is 0 Å². The monoisotopic (exact) mass is 764 g/mol. The molecule has 2 aromatic heterocycles. The van der Waals surface area contributed by atoms with Crippen LogP contribution < -0.4 is 4.90 Å². The second-order valence-corrected chi connectivity index (χ2v) is 11.8. The van der Waals surface area contributed by atoms with E-state index in [1.807, 2.05) is 0 Å². The van der Waals surface area contributed by atoms with Crippen LogP contribution in [0.3, 0.4) is 0 Å². The van der Waals surface area contributed by atoms with Crippen LogP contribution in [0.25, 0.3) is 88.4 Å². The van der Waals surface area contributed by atoms with Crippen molar-refractivity contribution >= 4 is 60.9 Å². The summed E-state index contributed by atoms with van der Waals surface area (Å²) in [5, 5.41) is -3.00. The zero-order valence-corrected chi connectivity index (χ0v) is 28.3. The summed E-state index contributed by atoms with van der Waals surface area (Å²) in [5.74, 6) is 0. The minimum atomic E-state index is -1.40. The van der Waals surface area contributed by atoms with Crippen molar-refractivity contribution in [3.63, 3.8) is 0 Å². The van der Waals surface area contributed by atoms with E-state index in [1.54, 1.807) is 0 Å². The summed E-state index contributed by atoms with van der Waals surface area (Å²) in [5.41, 5.74) is -14.5. The molecule has 57 heavy (non-hydrogen) atoms. The van der Waals surface area contributed by atoms with Gasteiger partial charge >= 0.3 is 0 Å². The Hall–Kier alpha value is -7.62. The third-order valence-electron chi connectivity index (χ3n) is 8.63. The predicted octanol–water partition coefficient (Wildman–Crippen LogP) is 15.6. The molecule has 0 N–H and O–H groups in total. The minimum Gasteiger partial charge on any atom is -0.456 e. The molecule has 11 rings (SSSR count). The summed E-state index contributed by atoms with van der Waals surface area (Å²) in [6, 6.07) is -38.5. The first-order valence-corrected chi connectivity index (χ1v) is 16.5. The lowest BCUT2D eigenvalue weighted by atomic mass is 9.90. The Morgan fingerprint density at radius 2 is 0.772 bits per heavy atom. The largest absolute Gasteiger partial charge is 0.456 e. The third-order valence-corrected chi connectivity index (χ3v) is 8.63. The van der Waals surface area contributed by atoms with E-state index in [0.29, 0.717) is 4.90 Å². The topological polar surface area (TPSA) is 29.5 Å². The van der Waals surface area contributed by atoms with Crippen LogP contribution in [0.15, 0.2) is 220 Å². The van der Waals surface area contributed by atoms with Crippen molar-refractivity contribution in [1.29, 1.82) is 0 Å². The van der Waals surface area contributed by atoms with Crippen molar-refractivity contribution in [3.05, 3.63) is 211 Å². The van der Waals surface area contributed by atoms with Crippen LogP contribution in [-0.2, 0) is 0 Å². The number of nitrogens with zero attached hydrogens (tertiary/aromatic N) is 1. The highest BCUT2D eigenvalue weighted by atomic mass is 16.3. The van der Waals surface area contributed by atoms with Gasteiger partial charge in [0.15, 0.2) is 0 Å². The Morgan fingerprint density at radius 3 is 1.39 bits per heavy atom. The van der Waals surface area contributed by atoms with E-state index in [4.69, 9.17) is 37.6 Å². The van der Waals surface area contributed by atoms with Crippen LogP contribution in [0.1, 0.15) is 48.0 Å². The van der Waals surface area contributed by atoms with Gasteiger partial charge in [-0.15, -0.1) is 0 Å². The highest BCUT2D eigenvalue weighted by Gasteiger charge is 2.24. The second kappa shape index (κ2) is 13.6. The Bertz CT molecular complexity index is 5050. The molecule has 3 nitrogen and oxygen atoms in total. The van der Waals surface area contributed by atoms with Crippen LogP contribution in [0, 0.1) is 0 Å². The molecule has 0 unspecified atom stereocenters. The fourth-order valence-corrected chi connectivity index (χ4v) is 6.21. The van der Waals surface area contributed by atoms with E-state index < -0.39 is 317 Å². The maximum absolute atomic E-state index is 10.2. The molecule has 9 aromatic carbocycles. The zero-order chi connectivity index (χ0) is 68.2. The van der Waals surface area contributed by atoms with E-state index in [9.17, 15) is 19.2 Å². The maximum Gasteiger partial charge on any atom is 0.145 e. The van der Waals surface area contributed by atoms with E-state index in [-0.39, 0.29) is 0 Å². The first-order valence-electron chi connectivity index (χ1n) is 34.0.